The summed E-state index contributed by atoms with van der Waals surface area (Å²) in [6, 6.07) is 25.1. The van der Waals surface area contributed by atoms with Gasteiger partial charge < -0.3 is 9.84 Å². The van der Waals surface area contributed by atoms with Crippen LogP contribution < -0.4 is 4.74 Å². The molecule has 2 N–H and O–H groups in total. The number of fused-ring (bicyclic) bond motifs is 2. The molecule has 1 aliphatic heterocycles. The van der Waals surface area contributed by atoms with Gasteiger partial charge in [0, 0.05) is 17.3 Å². The van der Waals surface area contributed by atoms with Gasteiger partial charge in [-0.05, 0) is 41.5 Å². The van der Waals surface area contributed by atoms with E-state index in [9.17, 15) is 10.4 Å². The van der Waals surface area contributed by atoms with Crippen molar-refractivity contribution in [2.24, 2.45) is 0 Å². The number of nitrogens with one attached hydrogen (secondary N) is 1. The van der Waals surface area contributed by atoms with Crippen LogP contribution in [0.4, 0.5) is 0 Å². The Kier molecular flexibility index (Phi) is 5.20. The first-order chi connectivity index (χ1) is 17.6. The van der Waals surface area contributed by atoms with E-state index in [4.69, 9.17) is 9.72 Å². The number of rotatable bonds is 4. The normalized spacial score (nSPS) is 15.4. The average molecular weight is 472 g/mol. The zero-order valence-corrected chi connectivity index (χ0v) is 19.4. The monoisotopic (exact) mass is 471 g/mol. The van der Waals surface area contributed by atoms with Gasteiger partial charge in [-0.2, -0.15) is 10.4 Å². The molecular formula is C29H21N5O2. The molecule has 0 saturated carbocycles. The molecule has 7 heteroatoms. The van der Waals surface area contributed by atoms with Crippen LogP contribution in [0.15, 0.2) is 85.1 Å². The fraction of sp³-hybridized carbons (Fsp3) is 0.103. The molecular weight excluding hydrogens is 450 g/mol. The Labute approximate surface area is 207 Å². The minimum Gasteiger partial charge on any atom is -0.508 e. The van der Waals surface area contributed by atoms with Gasteiger partial charge in [-0.3, -0.25) is 5.10 Å². The number of para-hydroxylation sites is 1. The summed E-state index contributed by atoms with van der Waals surface area (Å²) >= 11 is 0. The molecule has 2 atom stereocenters. The fourth-order valence-electron chi connectivity index (χ4n) is 4.57. The number of phenolic OH excluding ortho intramolecular Hbond substituents is 1. The molecule has 0 bridgehead atoms. The number of nitrogens with zero attached hydrogens (tertiary/aromatic N) is 4. The lowest BCUT2D eigenvalue weighted by molar-refractivity contribution is 0.215. The van der Waals surface area contributed by atoms with Crippen LogP contribution in [0, 0.1) is 11.3 Å². The molecule has 2 aromatic heterocycles. The second-order valence-electron chi connectivity index (χ2n) is 8.72. The van der Waals surface area contributed by atoms with E-state index in [-0.39, 0.29) is 17.8 Å². The van der Waals surface area contributed by atoms with Crippen LogP contribution in [0.3, 0.4) is 0 Å². The Morgan fingerprint density at radius 2 is 1.83 bits per heavy atom. The van der Waals surface area contributed by atoms with Gasteiger partial charge in [-0.25, -0.2) is 9.97 Å². The lowest BCUT2D eigenvalue weighted by atomic mass is 9.90. The van der Waals surface area contributed by atoms with E-state index in [0.29, 0.717) is 33.7 Å². The maximum Gasteiger partial charge on any atom is 0.159 e. The van der Waals surface area contributed by atoms with E-state index in [1.807, 2.05) is 43.3 Å². The van der Waals surface area contributed by atoms with Crippen molar-refractivity contribution in [1.29, 1.82) is 5.26 Å². The van der Waals surface area contributed by atoms with Crippen LogP contribution in [-0.4, -0.2) is 31.4 Å². The van der Waals surface area contributed by atoms with Crippen LogP contribution in [0.5, 0.6) is 11.5 Å². The molecule has 3 aromatic carbocycles. The van der Waals surface area contributed by atoms with E-state index < -0.39 is 0 Å². The summed E-state index contributed by atoms with van der Waals surface area (Å²) in [5.41, 5.74) is 5.38. The predicted molar refractivity (Wildman–Crippen MR) is 136 cm³/mol. The number of hydrogen-bond acceptors (Lipinski definition) is 6. The molecule has 0 aliphatic carbocycles. The van der Waals surface area contributed by atoms with Crippen molar-refractivity contribution in [3.8, 4) is 28.8 Å². The van der Waals surface area contributed by atoms with Crippen molar-refractivity contribution in [3.63, 3.8) is 0 Å². The number of H-pyrrole nitrogens is 1. The first kappa shape index (κ1) is 21.6. The number of aromatic hydroxyl groups is 1. The van der Waals surface area contributed by atoms with E-state index in [1.54, 1.807) is 12.3 Å². The van der Waals surface area contributed by atoms with Crippen molar-refractivity contribution < 1.29 is 9.84 Å². The summed E-state index contributed by atoms with van der Waals surface area (Å²) in [6.45, 7) is 2.05. The number of nitriles is 1. The van der Waals surface area contributed by atoms with Crippen molar-refractivity contribution in [2.45, 2.75) is 18.9 Å². The van der Waals surface area contributed by atoms with E-state index in [1.165, 1.54) is 12.1 Å². The summed E-state index contributed by atoms with van der Waals surface area (Å²) in [6.07, 6.45) is 3.60. The Hall–Kier alpha value is -4.96. The number of ether oxygens (including phenoxy) is 1. The van der Waals surface area contributed by atoms with E-state index in [0.717, 1.165) is 22.4 Å². The van der Waals surface area contributed by atoms with Crippen LogP contribution in [-0.2, 0) is 0 Å². The second-order valence-corrected chi connectivity index (χ2v) is 8.72. The highest BCUT2D eigenvalue weighted by atomic mass is 16.5. The average Bonchev–Trinajstić information content (AvgIpc) is 3.35. The SMILES string of the molecule is CC(c1ncc2c(-c3ccc(O)cc3C#N)n[nH]c2n1)C1C=C(c2ccccc2)c2ccccc2O1. The van der Waals surface area contributed by atoms with Crippen LogP contribution in [0.1, 0.15) is 35.4 Å². The Morgan fingerprint density at radius 1 is 1.03 bits per heavy atom. The maximum absolute atomic E-state index is 9.73. The van der Waals surface area contributed by atoms with Gasteiger partial charge in [-0.1, -0.05) is 55.5 Å². The third-order valence-corrected chi connectivity index (χ3v) is 6.47. The minimum absolute atomic E-state index is 0.0273. The van der Waals surface area contributed by atoms with Gasteiger partial charge in [0.2, 0.25) is 0 Å². The molecule has 2 unspecified atom stereocenters. The standard InChI is InChI=1S/C29H21N5O2/c1-17(26-14-23(18-7-3-2-4-8-18)22-9-5-6-10-25(22)36-26)28-31-16-24-27(33-34-29(24)32-28)21-12-11-20(35)13-19(21)15-30/h2-14,16-17,26,35H,1H3,(H,31,32,33,34). The van der Waals surface area contributed by atoms with Crippen LogP contribution >= 0.6 is 0 Å². The zero-order valence-electron chi connectivity index (χ0n) is 19.4. The van der Waals surface area contributed by atoms with Crippen molar-refractivity contribution >= 4 is 16.6 Å². The molecule has 7 nitrogen and oxygen atoms in total. The number of benzene rings is 3. The van der Waals surface area contributed by atoms with E-state index >= 15 is 0 Å². The zero-order chi connectivity index (χ0) is 24.6. The number of hydrogen-bond donors (Lipinski definition) is 2. The van der Waals surface area contributed by atoms with Gasteiger partial charge in [0.15, 0.2) is 5.65 Å². The highest BCUT2D eigenvalue weighted by Gasteiger charge is 2.28. The third-order valence-electron chi connectivity index (χ3n) is 6.47. The Morgan fingerprint density at radius 3 is 2.67 bits per heavy atom. The first-order valence-corrected chi connectivity index (χ1v) is 11.6. The molecule has 1 aliphatic rings. The van der Waals surface area contributed by atoms with Gasteiger partial charge in [0.1, 0.15) is 29.1 Å². The highest BCUT2D eigenvalue weighted by Crippen LogP contribution is 2.39. The smallest absolute Gasteiger partial charge is 0.159 e. The molecule has 0 spiro atoms. The number of aromatic amines is 1. The predicted octanol–water partition coefficient (Wildman–Crippen LogP) is 5.59. The molecule has 6 rings (SSSR count). The quantitative estimate of drug-likeness (QED) is 0.354. The highest BCUT2D eigenvalue weighted by molar-refractivity contribution is 5.92. The minimum atomic E-state index is -0.266. The second kappa shape index (κ2) is 8.67. The lowest BCUT2D eigenvalue weighted by Crippen LogP contribution is -2.26. The summed E-state index contributed by atoms with van der Waals surface area (Å²) in [4.78, 5) is 9.41. The Bertz CT molecular complexity index is 1670. The number of aromatic nitrogens is 4. The molecule has 36 heavy (non-hydrogen) atoms. The molecule has 0 radical (unpaired) electrons. The van der Waals surface area contributed by atoms with Crippen molar-refractivity contribution in [1.82, 2.24) is 20.2 Å². The Balaban J connectivity index is 1.38. The molecule has 5 aromatic rings. The van der Waals surface area contributed by atoms with E-state index in [2.05, 4.69) is 45.5 Å². The summed E-state index contributed by atoms with van der Waals surface area (Å²) in [5, 5.41) is 27.3. The summed E-state index contributed by atoms with van der Waals surface area (Å²) in [7, 11) is 0. The maximum atomic E-state index is 9.73. The molecule has 0 fully saturated rings. The fourth-order valence-corrected chi connectivity index (χ4v) is 4.57. The molecule has 0 saturated heterocycles. The van der Waals surface area contributed by atoms with Gasteiger partial charge in [-0.15, -0.1) is 0 Å². The van der Waals surface area contributed by atoms with Crippen molar-refractivity contribution in [3.05, 3.63) is 108 Å². The van der Waals surface area contributed by atoms with Crippen molar-refractivity contribution in [2.75, 3.05) is 0 Å². The van der Waals surface area contributed by atoms with Gasteiger partial charge in [0.05, 0.1) is 22.9 Å². The molecule has 174 valence electrons. The lowest BCUT2D eigenvalue weighted by Gasteiger charge is -2.29. The van der Waals surface area contributed by atoms with Gasteiger partial charge in [0.25, 0.3) is 0 Å². The topological polar surface area (TPSA) is 108 Å². The third kappa shape index (κ3) is 3.65. The van der Waals surface area contributed by atoms with Gasteiger partial charge >= 0.3 is 0 Å². The van der Waals surface area contributed by atoms with Crippen LogP contribution in [0.2, 0.25) is 0 Å². The largest absolute Gasteiger partial charge is 0.508 e. The van der Waals surface area contributed by atoms with Crippen LogP contribution in [0.25, 0.3) is 27.9 Å². The number of phenols is 1. The molecule has 3 heterocycles. The molecule has 0 amide bonds. The summed E-state index contributed by atoms with van der Waals surface area (Å²) in [5.74, 6) is 1.34. The summed E-state index contributed by atoms with van der Waals surface area (Å²) < 4.78 is 6.39. The first-order valence-electron chi connectivity index (χ1n) is 11.6.